The normalized spacial score (nSPS) is 12.0. The van der Waals surface area contributed by atoms with Gasteiger partial charge in [-0.2, -0.15) is 0 Å². The van der Waals surface area contributed by atoms with Gasteiger partial charge < -0.3 is 4.90 Å². The number of rotatable bonds is 6. The highest BCUT2D eigenvalue weighted by molar-refractivity contribution is 6.22. The largest absolute Gasteiger partial charge is 0.311 e. The van der Waals surface area contributed by atoms with Gasteiger partial charge in [-0.05, 0) is 118 Å². The van der Waals surface area contributed by atoms with Crippen molar-refractivity contribution in [3.63, 3.8) is 0 Å². The summed E-state index contributed by atoms with van der Waals surface area (Å²) in [5.74, 6) is 0. The lowest BCUT2D eigenvalue weighted by molar-refractivity contribution is 0.590. The van der Waals surface area contributed by atoms with E-state index in [1.54, 1.807) is 12.4 Å². The number of pyridine rings is 4. The van der Waals surface area contributed by atoms with Crippen LogP contribution in [0.15, 0.2) is 158 Å². The molecule has 0 saturated heterocycles. The van der Waals surface area contributed by atoms with Crippen LogP contribution in [-0.2, 0) is 10.8 Å². The molecule has 0 bridgehead atoms. The van der Waals surface area contributed by atoms with Crippen molar-refractivity contribution >= 4 is 66.6 Å². The van der Waals surface area contributed by atoms with Crippen molar-refractivity contribution in [3.8, 4) is 33.6 Å². The van der Waals surface area contributed by atoms with Crippen LogP contribution < -0.4 is 4.90 Å². The molecule has 0 atom stereocenters. The van der Waals surface area contributed by atoms with E-state index >= 15 is 0 Å². The van der Waals surface area contributed by atoms with E-state index in [4.69, 9.17) is 26.5 Å². The maximum atomic E-state index is 8.33. The van der Waals surface area contributed by atoms with E-state index in [9.17, 15) is 0 Å². The van der Waals surface area contributed by atoms with E-state index in [2.05, 4.69) is 146 Å². The summed E-state index contributed by atoms with van der Waals surface area (Å²) in [6.07, 6.45) is 7.22. The molecule has 0 amide bonds. The van der Waals surface area contributed by atoms with Crippen LogP contribution in [0, 0.1) is 6.57 Å². The monoisotopic (exact) mass is 816 g/mol. The van der Waals surface area contributed by atoms with Gasteiger partial charge in [-0.15, -0.1) is 0 Å². The van der Waals surface area contributed by atoms with Crippen molar-refractivity contribution in [2.24, 2.45) is 0 Å². The number of aromatic nitrogens is 6. The Kier molecular flexibility index (Phi) is 9.49. The maximum Gasteiger partial charge on any atom is 0.197 e. The summed E-state index contributed by atoms with van der Waals surface area (Å²) >= 11 is 0. The number of benzene rings is 5. The Morgan fingerprint density at radius 2 is 0.905 bits per heavy atom. The third-order valence-electron chi connectivity index (χ3n) is 11.8. The minimum Gasteiger partial charge on any atom is -0.311 e. The first-order valence-corrected chi connectivity index (χ1v) is 21.1. The topological polar surface area (TPSA) is 84.9 Å². The molecular weight excluding hydrogens is 773 g/mol. The molecule has 0 aliphatic carbocycles. The smallest absolute Gasteiger partial charge is 0.197 e. The average Bonchev–Trinajstić information content (AvgIpc) is 3.31. The van der Waals surface area contributed by atoms with Crippen molar-refractivity contribution in [3.05, 3.63) is 181 Å². The number of hydrogen-bond donors (Lipinski definition) is 0. The number of anilines is 3. The molecule has 0 saturated carbocycles. The van der Waals surface area contributed by atoms with Gasteiger partial charge in [-0.1, -0.05) is 90.1 Å². The van der Waals surface area contributed by atoms with Gasteiger partial charge in [0.25, 0.3) is 0 Å². The summed E-state index contributed by atoms with van der Waals surface area (Å²) in [7, 11) is 0. The van der Waals surface area contributed by atoms with E-state index in [0.29, 0.717) is 33.3 Å². The fourth-order valence-corrected chi connectivity index (χ4v) is 8.26. The molecular formula is C55H44N8. The molecule has 5 aromatic heterocycles. The standard InChI is InChI=1S/C55H44N8/c1-54(2,3)37-16-22-40(23-17-37)63(41-24-18-38(19-25-41)55(4,5)6)39-20-14-34(15-21-39)42-30-48-49(31-47(42)56-7)62-53-44-29-36(46-13-9-11-27-58-46)33-60-51(44)50-43(52(53)61-48)28-35(32-59-50)45-12-8-10-26-57-45/h8-33H,1-6H3. The molecule has 0 N–H and O–H groups in total. The first kappa shape index (κ1) is 39.3. The summed E-state index contributed by atoms with van der Waals surface area (Å²) in [6.45, 7) is 21.8. The zero-order valence-corrected chi connectivity index (χ0v) is 36.1. The van der Waals surface area contributed by atoms with Gasteiger partial charge in [-0.3, -0.25) is 19.9 Å². The van der Waals surface area contributed by atoms with E-state index in [-0.39, 0.29) is 10.8 Å². The molecule has 5 heterocycles. The number of fused-ring (bicyclic) bond motifs is 7. The Bertz CT molecular complexity index is 3330. The van der Waals surface area contributed by atoms with Crippen LogP contribution in [0.2, 0.25) is 0 Å². The minimum atomic E-state index is 0.0394. The molecule has 304 valence electrons. The highest BCUT2D eigenvalue weighted by atomic mass is 15.1. The summed E-state index contributed by atoms with van der Waals surface area (Å²) in [5.41, 5.74) is 15.4. The van der Waals surface area contributed by atoms with Gasteiger partial charge in [0.15, 0.2) is 5.69 Å². The molecule has 0 radical (unpaired) electrons. The predicted octanol–water partition coefficient (Wildman–Crippen LogP) is 14.3. The van der Waals surface area contributed by atoms with Crippen molar-refractivity contribution in [1.82, 2.24) is 29.9 Å². The van der Waals surface area contributed by atoms with Crippen LogP contribution in [0.4, 0.5) is 22.7 Å². The molecule has 8 heteroatoms. The lowest BCUT2D eigenvalue weighted by Gasteiger charge is -2.28. The van der Waals surface area contributed by atoms with E-state index in [1.165, 1.54) is 11.1 Å². The fraction of sp³-hybridized carbons (Fsp3) is 0.145. The SMILES string of the molecule is [C-]#[N+]c1cc2nc3c4cc(-c5ccccn5)cnc4c4ncc(-c5ccccn5)cc4c3nc2cc1-c1ccc(N(c2ccc(C(C)(C)C)cc2)c2ccc(C(C)(C)C)cc2)cc1. The van der Waals surface area contributed by atoms with Crippen LogP contribution in [-0.4, -0.2) is 29.9 Å². The van der Waals surface area contributed by atoms with Gasteiger partial charge in [0.05, 0.1) is 51.1 Å². The van der Waals surface area contributed by atoms with Gasteiger partial charge >= 0.3 is 0 Å². The summed E-state index contributed by atoms with van der Waals surface area (Å²) in [6, 6.07) is 45.8. The van der Waals surface area contributed by atoms with Crippen molar-refractivity contribution in [2.75, 3.05) is 4.90 Å². The molecule has 10 aromatic rings. The van der Waals surface area contributed by atoms with E-state index < -0.39 is 0 Å². The summed E-state index contributed by atoms with van der Waals surface area (Å²) in [5, 5.41) is 1.63. The Balaban J connectivity index is 1.12. The second-order valence-corrected chi connectivity index (χ2v) is 18.0. The average molecular weight is 817 g/mol. The minimum absolute atomic E-state index is 0.0394. The van der Waals surface area contributed by atoms with Crippen LogP contribution in [0.3, 0.4) is 0 Å². The third-order valence-corrected chi connectivity index (χ3v) is 11.8. The summed E-state index contributed by atoms with van der Waals surface area (Å²) < 4.78 is 0. The van der Waals surface area contributed by atoms with Crippen LogP contribution >= 0.6 is 0 Å². The molecule has 0 spiro atoms. The highest BCUT2D eigenvalue weighted by Gasteiger charge is 2.21. The number of hydrogen-bond acceptors (Lipinski definition) is 7. The maximum absolute atomic E-state index is 8.33. The molecule has 0 unspecified atom stereocenters. The Morgan fingerprint density at radius 1 is 0.460 bits per heavy atom. The lowest BCUT2D eigenvalue weighted by atomic mass is 9.86. The molecule has 0 fully saturated rings. The second kappa shape index (κ2) is 15.2. The molecule has 0 aliphatic heterocycles. The quantitative estimate of drug-likeness (QED) is 0.0938. The van der Waals surface area contributed by atoms with Crippen LogP contribution in [0.5, 0.6) is 0 Å². The van der Waals surface area contributed by atoms with Gasteiger partial charge in [0.1, 0.15) is 0 Å². The summed E-state index contributed by atoms with van der Waals surface area (Å²) in [4.78, 5) is 36.1. The van der Waals surface area contributed by atoms with Gasteiger partial charge in [-0.25, -0.2) is 14.8 Å². The zero-order valence-electron chi connectivity index (χ0n) is 36.1. The van der Waals surface area contributed by atoms with Crippen LogP contribution in [0.25, 0.3) is 82.4 Å². The van der Waals surface area contributed by atoms with Crippen molar-refractivity contribution in [1.29, 1.82) is 0 Å². The fourth-order valence-electron chi connectivity index (χ4n) is 8.26. The van der Waals surface area contributed by atoms with Gasteiger partial charge in [0, 0.05) is 63.7 Å². The highest BCUT2D eigenvalue weighted by Crippen LogP contribution is 2.41. The zero-order chi connectivity index (χ0) is 43.5. The molecule has 0 aliphatic rings. The van der Waals surface area contributed by atoms with Crippen LogP contribution in [0.1, 0.15) is 52.7 Å². The Hall–Kier alpha value is -7.89. The van der Waals surface area contributed by atoms with Crippen molar-refractivity contribution < 1.29 is 0 Å². The third kappa shape index (κ3) is 7.28. The van der Waals surface area contributed by atoms with Gasteiger partial charge in [0.2, 0.25) is 0 Å². The first-order chi connectivity index (χ1) is 30.4. The van der Waals surface area contributed by atoms with E-state index in [1.807, 2.05) is 60.9 Å². The molecule has 63 heavy (non-hydrogen) atoms. The Labute approximate surface area is 366 Å². The lowest BCUT2D eigenvalue weighted by Crippen LogP contribution is -2.14. The second-order valence-electron chi connectivity index (χ2n) is 18.0. The Morgan fingerprint density at radius 3 is 1.32 bits per heavy atom. The molecule has 10 rings (SSSR count). The molecule has 5 aromatic carbocycles. The van der Waals surface area contributed by atoms with E-state index in [0.717, 1.165) is 67.0 Å². The van der Waals surface area contributed by atoms with Crippen molar-refractivity contribution in [2.45, 2.75) is 52.4 Å². The predicted molar refractivity (Wildman–Crippen MR) is 258 cm³/mol. The molecule has 8 nitrogen and oxygen atoms in total. The first-order valence-electron chi connectivity index (χ1n) is 21.1. The number of nitrogens with zero attached hydrogens (tertiary/aromatic N) is 8.